The highest BCUT2D eigenvalue weighted by Gasteiger charge is 2.54. The number of rotatable bonds is 2. The van der Waals surface area contributed by atoms with Crippen LogP contribution in [0.4, 0.5) is 4.79 Å². The lowest BCUT2D eigenvalue weighted by molar-refractivity contribution is -0.0214. The number of aromatic amines is 2. The SMILES string of the molecule is CC(C)(C)OC(=O)N1C(=O)c2c([nH]c3c2CCc2cnc(Cl)cc2-3)CC12CCC2.O=C1NC2(CCC2)Cc2[nH]c3c(c21)CCc1cnc(/C=C/c2ccccc2)cc1-3. The number of benzene rings is 1. The van der Waals surface area contributed by atoms with Gasteiger partial charge in [-0.25, -0.2) is 14.7 Å². The van der Waals surface area contributed by atoms with Gasteiger partial charge in [-0.1, -0.05) is 48.0 Å². The molecule has 0 radical (unpaired) electrons. The molecule has 2 saturated carbocycles. The number of H-pyrrole nitrogens is 2. The van der Waals surface area contributed by atoms with Crippen molar-refractivity contribution < 1.29 is 19.1 Å². The summed E-state index contributed by atoms with van der Waals surface area (Å²) in [4.78, 5) is 57.0. The van der Waals surface area contributed by atoms with Gasteiger partial charge in [0, 0.05) is 53.3 Å². The first-order chi connectivity index (χ1) is 27.9. The predicted octanol–water partition coefficient (Wildman–Crippen LogP) is 9.24. The number of halogens is 1. The molecule has 0 bridgehead atoms. The van der Waals surface area contributed by atoms with Crippen molar-refractivity contribution in [2.24, 2.45) is 0 Å². The molecule has 5 aromatic rings. The van der Waals surface area contributed by atoms with Crippen molar-refractivity contribution >= 4 is 41.7 Å². The molecule has 11 rings (SSSR count). The quantitative estimate of drug-likeness (QED) is 0.153. The van der Waals surface area contributed by atoms with Crippen LogP contribution in [0.15, 0.2) is 54.9 Å². The lowest BCUT2D eigenvalue weighted by Gasteiger charge is -2.51. The third-order valence-electron chi connectivity index (χ3n) is 13.1. The average molecular weight is 795 g/mol. The van der Waals surface area contributed by atoms with Crippen LogP contribution in [0.3, 0.4) is 0 Å². The number of aromatic nitrogens is 4. The van der Waals surface area contributed by atoms with Crippen molar-refractivity contribution in [3.05, 3.63) is 116 Å². The van der Waals surface area contributed by atoms with Gasteiger partial charge >= 0.3 is 6.09 Å². The fourth-order valence-electron chi connectivity index (χ4n) is 10.0. The molecule has 6 aliphatic rings. The normalized spacial score (nSPS) is 19.0. The summed E-state index contributed by atoms with van der Waals surface area (Å²) in [5, 5.41) is 3.74. The minimum atomic E-state index is -0.650. The fraction of sp³-hybridized carbons (Fsp3) is 0.383. The monoisotopic (exact) mass is 794 g/mol. The minimum Gasteiger partial charge on any atom is -0.443 e. The summed E-state index contributed by atoms with van der Waals surface area (Å²) in [6, 6.07) is 14.3. The number of carbonyl (C=O) groups is 3. The van der Waals surface area contributed by atoms with Gasteiger partial charge in [0.2, 0.25) is 0 Å². The zero-order valence-electron chi connectivity index (χ0n) is 33.2. The van der Waals surface area contributed by atoms with Crippen LogP contribution in [0.25, 0.3) is 34.7 Å². The molecule has 2 aliphatic heterocycles. The maximum absolute atomic E-state index is 13.6. The summed E-state index contributed by atoms with van der Waals surface area (Å²) in [6.45, 7) is 5.47. The zero-order chi connectivity index (χ0) is 40.0. The Morgan fingerprint density at radius 2 is 1.45 bits per heavy atom. The van der Waals surface area contributed by atoms with E-state index in [0.29, 0.717) is 17.1 Å². The van der Waals surface area contributed by atoms with Crippen LogP contribution in [0.1, 0.15) is 125 Å². The number of pyridine rings is 2. The van der Waals surface area contributed by atoms with Gasteiger partial charge in [-0.3, -0.25) is 14.6 Å². The summed E-state index contributed by atoms with van der Waals surface area (Å²) in [7, 11) is 0. The van der Waals surface area contributed by atoms with E-state index in [1.54, 1.807) is 0 Å². The molecule has 10 nitrogen and oxygen atoms in total. The Balaban J connectivity index is 0.000000141. The molecule has 2 fully saturated rings. The number of nitrogens with zero attached hydrogens (tertiary/aromatic N) is 3. The number of amides is 3. The Hall–Kier alpha value is -5.48. The summed E-state index contributed by atoms with van der Waals surface area (Å²) in [5.41, 5.74) is 13.4. The average Bonchev–Trinajstić information content (AvgIpc) is 3.75. The second kappa shape index (κ2) is 13.5. The molecule has 0 unspecified atom stereocenters. The maximum atomic E-state index is 13.6. The molecule has 3 N–H and O–H groups in total. The van der Waals surface area contributed by atoms with Gasteiger partial charge < -0.3 is 20.0 Å². The molecule has 0 atom stereocenters. The van der Waals surface area contributed by atoms with Crippen molar-refractivity contribution in [1.82, 2.24) is 30.2 Å². The third kappa shape index (κ3) is 6.19. The van der Waals surface area contributed by atoms with Crippen LogP contribution in [-0.2, 0) is 43.3 Å². The molecule has 4 aliphatic carbocycles. The molecule has 0 saturated heterocycles. The number of aryl methyl sites for hydroxylation is 2. The Kier molecular flexibility index (Phi) is 8.60. The van der Waals surface area contributed by atoms with Gasteiger partial charge in [-0.2, -0.15) is 0 Å². The van der Waals surface area contributed by atoms with Crippen LogP contribution in [-0.4, -0.2) is 59.4 Å². The van der Waals surface area contributed by atoms with Crippen LogP contribution in [0.5, 0.6) is 0 Å². The lowest BCUT2D eigenvalue weighted by atomic mass is 9.69. The maximum Gasteiger partial charge on any atom is 0.417 e. The van der Waals surface area contributed by atoms with E-state index in [-0.39, 0.29) is 17.4 Å². The second-order valence-corrected chi connectivity index (χ2v) is 18.4. The topological polar surface area (TPSA) is 133 Å². The van der Waals surface area contributed by atoms with E-state index in [9.17, 15) is 14.4 Å². The molecular weight excluding hydrogens is 748 g/mol. The van der Waals surface area contributed by atoms with E-state index < -0.39 is 17.2 Å². The lowest BCUT2D eigenvalue weighted by Crippen LogP contribution is -2.63. The molecule has 58 heavy (non-hydrogen) atoms. The fourth-order valence-corrected chi connectivity index (χ4v) is 10.2. The van der Waals surface area contributed by atoms with E-state index in [1.807, 2.05) is 57.4 Å². The van der Waals surface area contributed by atoms with Gasteiger partial charge in [-0.05, 0) is 131 Å². The molecule has 4 aromatic heterocycles. The molecule has 6 heterocycles. The van der Waals surface area contributed by atoms with Gasteiger partial charge in [0.1, 0.15) is 10.8 Å². The molecule has 3 amide bonds. The molecule has 296 valence electrons. The highest BCUT2D eigenvalue weighted by Crippen LogP contribution is 2.49. The molecule has 2 spiro atoms. The van der Waals surface area contributed by atoms with Crippen molar-refractivity contribution in [2.45, 2.75) is 114 Å². The van der Waals surface area contributed by atoms with E-state index in [0.717, 1.165) is 120 Å². The van der Waals surface area contributed by atoms with Crippen LogP contribution >= 0.6 is 11.6 Å². The number of hydrogen-bond acceptors (Lipinski definition) is 6. The van der Waals surface area contributed by atoms with Gasteiger partial charge in [0.05, 0.1) is 33.7 Å². The van der Waals surface area contributed by atoms with Gasteiger partial charge in [-0.15, -0.1) is 0 Å². The first-order valence-corrected chi connectivity index (χ1v) is 21.0. The molecular formula is C47H47ClN6O4. The highest BCUT2D eigenvalue weighted by atomic mass is 35.5. The van der Waals surface area contributed by atoms with E-state index in [4.69, 9.17) is 16.3 Å². The number of fused-ring (bicyclic) bond motifs is 10. The largest absolute Gasteiger partial charge is 0.443 e. The molecule has 11 heteroatoms. The van der Waals surface area contributed by atoms with Gasteiger partial charge in [0.25, 0.3) is 11.8 Å². The number of nitrogens with one attached hydrogen (secondary N) is 3. The second-order valence-electron chi connectivity index (χ2n) is 18.0. The van der Waals surface area contributed by atoms with Crippen LogP contribution in [0, 0.1) is 0 Å². The summed E-state index contributed by atoms with van der Waals surface area (Å²) < 4.78 is 5.62. The Labute approximate surface area is 342 Å². The summed E-state index contributed by atoms with van der Waals surface area (Å²) in [6.07, 6.45) is 18.4. The zero-order valence-corrected chi connectivity index (χ0v) is 33.9. The number of imide groups is 1. The third-order valence-corrected chi connectivity index (χ3v) is 13.3. The van der Waals surface area contributed by atoms with Gasteiger partial charge in [0.15, 0.2) is 0 Å². The van der Waals surface area contributed by atoms with Crippen molar-refractivity contribution in [1.29, 1.82) is 0 Å². The van der Waals surface area contributed by atoms with E-state index in [2.05, 4.69) is 55.6 Å². The number of carbonyl (C=O) groups excluding carboxylic acids is 3. The smallest absolute Gasteiger partial charge is 0.417 e. The summed E-state index contributed by atoms with van der Waals surface area (Å²) >= 11 is 6.14. The Morgan fingerprint density at radius 1 is 0.810 bits per heavy atom. The molecule has 1 aromatic carbocycles. The van der Waals surface area contributed by atoms with E-state index >= 15 is 0 Å². The highest BCUT2D eigenvalue weighted by molar-refractivity contribution is 6.29. The first kappa shape index (κ1) is 36.8. The Bertz CT molecular complexity index is 2550. The standard InChI is InChI=1S/C25H23N3O.C22H24ClN3O3/c29-24-22-19-10-8-17-15-26-18(9-7-16-5-2-1-3-6-16)13-20(17)23(19)27-21(22)14-25(28-24)11-4-12-25;1-21(2,3)29-20(28)26-19(27)17-13-6-5-12-11-24-16(23)9-14(12)18(13)25-15(17)10-22(26)7-4-8-22/h1-3,5-7,9,13,15,27H,4,8,10-12,14H2,(H,28,29);9,11,25H,4-8,10H2,1-3H3/b9-7+;. The van der Waals surface area contributed by atoms with Crippen molar-refractivity contribution in [2.75, 3.05) is 0 Å². The van der Waals surface area contributed by atoms with Crippen molar-refractivity contribution in [3.63, 3.8) is 0 Å². The van der Waals surface area contributed by atoms with Crippen LogP contribution < -0.4 is 5.32 Å². The Morgan fingerprint density at radius 3 is 2.09 bits per heavy atom. The van der Waals surface area contributed by atoms with E-state index in [1.165, 1.54) is 28.0 Å². The number of ether oxygens (including phenoxy) is 1. The first-order valence-electron chi connectivity index (χ1n) is 20.6. The number of hydrogen-bond donors (Lipinski definition) is 3. The van der Waals surface area contributed by atoms with Crippen LogP contribution in [0.2, 0.25) is 5.15 Å². The minimum absolute atomic E-state index is 0.00217. The summed E-state index contributed by atoms with van der Waals surface area (Å²) in [5.74, 6) is -0.119. The predicted molar refractivity (Wildman–Crippen MR) is 224 cm³/mol. The van der Waals surface area contributed by atoms with Crippen molar-refractivity contribution in [3.8, 4) is 22.5 Å².